The van der Waals surface area contributed by atoms with E-state index in [-0.39, 0.29) is 5.56 Å². The first-order valence-corrected chi connectivity index (χ1v) is 8.26. The summed E-state index contributed by atoms with van der Waals surface area (Å²) in [5.74, 6) is 0.228. The number of aromatic carboxylic acids is 1. The maximum atomic E-state index is 11.1. The highest BCUT2D eigenvalue weighted by Crippen LogP contribution is 2.24. The second kappa shape index (κ2) is 7.31. The average molecular weight is 399 g/mol. The molecule has 6 nitrogen and oxygen atoms in total. The third-order valence-electron chi connectivity index (χ3n) is 3.50. The number of aromatic nitrogens is 2. The van der Waals surface area contributed by atoms with Crippen LogP contribution in [-0.4, -0.2) is 21.0 Å². The fourth-order valence-corrected chi connectivity index (χ4v) is 2.75. The molecule has 25 heavy (non-hydrogen) atoms. The number of nitrogens with zero attached hydrogens (tertiary/aromatic N) is 2. The highest BCUT2D eigenvalue weighted by molar-refractivity contribution is 9.10. The molecule has 0 amide bonds. The van der Waals surface area contributed by atoms with Gasteiger partial charge in [0.1, 0.15) is 18.0 Å². The number of benzene rings is 2. The molecule has 0 saturated heterocycles. The molecule has 1 aromatic heterocycles. The molecule has 0 fully saturated rings. The molecule has 3 rings (SSSR count). The molecule has 0 unspecified atom stereocenters. The maximum absolute atomic E-state index is 11.1. The van der Waals surface area contributed by atoms with Gasteiger partial charge in [0.2, 0.25) is 0 Å². The molecule has 7 heteroatoms. The Labute approximate surface area is 153 Å². The van der Waals surface area contributed by atoms with Gasteiger partial charge in [0.05, 0.1) is 5.56 Å². The number of nitrogens with one attached hydrogen (secondary N) is 2. The molecule has 0 aliphatic heterocycles. The number of halogens is 1. The largest absolute Gasteiger partial charge is 0.478 e. The van der Waals surface area contributed by atoms with Crippen molar-refractivity contribution >= 4 is 44.9 Å². The summed E-state index contributed by atoms with van der Waals surface area (Å²) in [5, 5.41) is 15.4. The number of carbonyl (C=O) groups is 1. The van der Waals surface area contributed by atoms with E-state index in [1.54, 1.807) is 24.3 Å². The second-order valence-corrected chi connectivity index (χ2v) is 6.30. The quantitative estimate of drug-likeness (QED) is 0.575. The fraction of sp³-hybridized carbons (Fsp3) is 0.0556. The first-order chi connectivity index (χ1) is 12.0. The lowest BCUT2D eigenvalue weighted by Gasteiger charge is -2.11. The Kier molecular flexibility index (Phi) is 4.95. The minimum Gasteiger partial charge on any atom is -0.478 e. The molecule has 0 atom stereocenters. The number of hydrogen-bond acceptors (Lipinski definition) is 5. The summed E-state index contributed by atoms with van der Waals surface area (Å²) < 4.78 is 1.01. The Bertz CT molecular complexity index is 930. The molecule has 2 aromatic carbocycles. The van der Waals surface area contributed by atoms with Crippen LogP contribution in [0.1, 0.15) is 15.9 Å². The number of rotatable bonds is 5. The first kappa shape index (κ1) is 16.9. The molecule has 0 saturated carbocycles. The van der Waals surface area contributed by atoms with Crippen LogP contribution in [0.25, 0.3) is 0 Å². The van der Waals surface area contributed by atoms with Crippen LogP contribution >= 0.6 is 15.9 Å². The van der Waals surface area contributed by atoms with Crippen molar-refractivity contribution in [1.82, 2.24) is 9.97 Å². The number of aryl methyl sites for hydroxylation is 1. The lowest BCUT2D eigenvalue weighted by Crippen LogP contribution is -2.01. The summed E-state index contributed by atoms with van der Waals surface area (Å²) in [5.41, 5.74) is 2.88. The molecule has 3 N–H and O–H groups in total. The molecule has 0 bridgehead atoms. The van der Waals surface area contributed by atoms with Crippen LogP contribution in [0.15, 0.2) is 59.3 Å². The predicted molar refractivity (Wildman–Crippen MR) is 101 cm³/mol. The Morgan fingerprint density at radius 3 is 2.52 bits per heavy atom. The number of carboxylic acid groups (broad SMARTS) is 1. The Hall–Kier alpha value is -2.93. The van der Waals surface area contributed by atoms with E-state index in [1.165, 1.54) is 12.4 Å². The van der Waals surface area contributed by atoms with Crippen molar-refractivity contribution in [2.75, 3.05) is 10.6 Å². The summed E-state index contributed by atoms with van der Waals surface area (Å²) in [6.07, 6.45) is 1.44. The van der Waals surface area contributed by atoms with E-state index in [0.29, 0.717) is 17.3 Å². The Balaban J connectivity index is 1.79. The molecular formula is C18H15BrN4O2. The van der Waals surface area contributed by atoms with Gasteiger partial charge in [-0.15, -0.1) is 0 Å². The highest BCUT2D eigenvalue weighted by Gasteiger charge is 2.06. The van der Waals surface area contributed by atoms with Crippen molar-refractivity contribution in [3.8, 4) is 0 Å². The molecule has 0 radical (unpaired) electrons. The summed E-state index contributed by atoms with van der Waals surface area (Å²) in [6, 6.07) is 14.2. The van der Waals surface area contributed by atoms with Gasteiger partial charge in [-0.05, 0) is 48.9 Å². The first-order valence-electron chi connectivity index (χ1n) is 7.47. The lowest BCUT2D eigenvalue weighted by atomic mass is 10.2. The average Bonchev–Trinajstić information content (AvgIpc) is 2.58. The van der Waals surface area contributed by atoms with Crippen molar-refractivity contribution in [2.24, 2.45) is 0 Å². The van der Waals surface area contributed by atoms with Gasteiger partial charge < -0.3 is 15.7 Å². The van der Waals surface area contributed by atoms with E-state index in [1.807, 2.05) is 25.1 Å². The van der Waals surface area contributed by atoms with Gasteiger partial charge in [-0.1, -0.05) is 22.0 Å². The van der Waals surface area contributed by atoms with Gasteiger partial charge in [0, 0.05) is 21.9 Å². The van der Waals surface area contributed by atoms with Crippen LogP contribution in [0.2, 0.25) is 0 Å². The summed E-state index contributed by atoms with van der Waals surface area (Å²) in [6.45, 7) is 2.00. The zero-order chi connectivity index (χ0) is 17.8. The Morgan fingerprint density at radius 2 is 1.80 bits per heavy atom. The molecule has 3 aromatic rings. The van der Waals surface area contributed by atoms with Crippen LogP contribution in [0.4, 0.5) is 23.0 Å². The third kappa shape index (κ3) is 4.33. The van der Waals surface area contributed by atoms with Gasteiger partial charge in [-0.25, -0.2) is 14.8 Å². The van der Waals surface area contributed by atoms with Gasteiger partial charge in [0.15, 0.2) is 0 Å². The van der Waals surface area contributed by atoms with E-state index >= 15 is 0 Å². The second-order valence-electron chi connectivity index (χ2n) is 5.38. The van der Waals surface area contributed by atoms with E-state index in [2.05, 4.69) is 36.5 Å². The van der Waals surface area contributed by atoms with Crippen molar-refractivity contribution in [3.05, 3.63) is 70.5 Å². The van der Waals surface area contributed by atoms with Crippen LogP contribution in [0.3, 0.4) is 0 Å². The zero-order valence-electron chi connectivity index (χ0n) is 13.3. The SMILES string of the molecule is Cc1cc(Br)ccc1Nc1cc(Nc2cccc(C(=O)O)c2)ncn1. The number of carboxylic acids is 1. The monoisotopic (exact) mass is 398 g/mol. The fourth-order valence-electron chi connectivity index (χ4n) is 2.28. The van der Waals surface area contributed by atoms with Crippen LogP contribution in [0.5, 0.6) is 0 Å². The van der Waals surface area contributed by atoms with Gasteiger partial charge >= 0.3 is 5.97 Å². The molecule has 0 spiro atoms. The smallest absolute Gasteiger partial charge is 0.335 e. The van der Waals surface area contributed by atoms with Gasteiger partial charge in [-0.2, -0.15) is 0 Å². The van der Waals surface area contributed by atoms with E-state index in [4.69, 9.17) is 5.11 Å². The molecular weight excluding hydrogens is 384 g/mol. The van der Waals surface area contributed by atoms with Gasteiger partial charge in [-0.3, -0.25) is 0 Å². The van der Waals surface area contributed by atoms with E-state index in [9.17, 15) is 4.79 Å². The normalized spacial score (nSPS) is 10.3. The Morgan fingerprint density at radius 1 is 1.04 bits per heavy atom. The number of anilines is 4. The van der Waals surface area contributed by atoms with E-state index in [0.717, 1.165) is 15.7 Å². The predicted octanol–water partition coefficient (Wildman–Crippen LogP) is 4.73. The topological polar surface area (TPSA) is 87.1 Å². The summed E-state index contributed by atoms with van der Waals surface area (Å²) in [7, 11) is 0. The van der Waals surface area contributed by atoms with Crippen molar-refractivity contribution in [2.45, 2.75) is 6.92 Å². The molecule has 0 aliphatic carbocycles. The zero-order valence-corrected chi connectivity index (χ0v) is 14.9. The standard InChI is InChI=1S/C18H15BrN4O2/c1-11-7-13(19)5-6-15(11)23-17-9-16(20-10-21-17)22-14-4-2-3-12(8-14)18(24)25/h2-10H,1H3,(H,24,25)(H2,20,21,22,23). The van der Waals surface area contributed by atoms with E-state index < -0.39 is 5.97 Å². The van der Waals surface area contributed by atoms with Gasteiger partial charge in [0.25, 0.3) is 0 Å². The third-order valence-corrected chi connectivity index (χ3v) is 3.99. The van der Waals surface area contributed by atoms with Crippen molar-refractivity contribution in [1.29, 1.82) is 0 Å². The van der Waals surface area contributed by atoms with Crippen molar-refractivity contribution < 1.29 is 9.90 Å². The van der Waals surface area contributed by atoms with Crippen LogP contribution < -0.4 is 10.6 Å². The molecule has 126 valence electrons. The van der Waals surface area contributed by atoms with Crippen molar-refractivity contribution in [3.63, 3.8) is 0 Å². The summed E-state index contributed by atoms with van der Waals surface area (Å²) >= 11 is 3.44. The van der Waals surface area contributed by atoms with Crippen LogP contribution in [0, 0.1) is 6.92 Å². The highest BCUT2D eigenvalue weighted by atomic mass is 79.9. The number of hydrogen-bond donors (Lipinski definition) is 3. The van der Waals surface area contributed by atoms with Crippen LogP contribution in [-0.2, 0) is 0 Å². The minimum atomic E-state index is -0.973. The summed E-state index contributed by atoms with van der Waals surface area (Å²) in [4.78, 5) is 19.4. The minimum absolute atomic E-state index is 0.211. The molecule has 0 aliphatic rings. The molecule has 1 heterocycles. The maximum Gasteiger partial charge on any atom is 0.335 e. The lowest BCUT2D eigenvalue weighted by molar-refractivity contribution is 0.0697.